The Morgan fingerprint density at radius 1 is 1.60 bits per heavy atom. The lowest BCUT2D eigenvalue weighted by Gasteiger charge is -2.08. The minimum atomic E-state index is -2.80. The topological polar surface area (TPSA) is 96.6 Å². The summed E-state index contributed by atoms with van der Waals surface area (Å²) in [4.78, 5) is 4.18. The van der Waals surface area contributed by atoms with Crippen molar-refractivity contribution in [2.45, 2.75) is 13.3 Å². The fraction of sp³-hybridized carbons (Fsp3) is 0.875. The molecule has 1 saturated heterocycles. The molecule has 1 unspecified atom stereocenters. The monoisotopic (exact) mass is 234 g/mol. The molecule has 7 heteroatoms. The predicted octanol–water partition coefficient (Wildman–Crippen LogP) is -1.15. The van der Waals surface area contributed by atoms with Crippen molar-refractivity contribution in [1.29, 1.82) is 0 Å². The van der Waals surface area contributed by atoms with Crippen LogP contribution in [0.3, 0.4) is 0 Å². The van der Waals surface area contributed by atoms with Crippen molar-refractivity contribution in [1.82, 2.24) is 10.7 Å². The number of rotatable bonds is 3. The average Bonchev–Trinajstić information content (AvgIpc) is 2.53. The molecular weight excluding hydrogens is 216 g/mol. The zero-order chi connectivity index (χ0) is 11.3. The molecule has 88 valence electrons. The van der Waals surface area contributed by atoms with Crippen molar-refractivity contribution in [2.75, 3.05) is 24.6 Å². The Balaban J connectivity index is 2.42. The smallest absolute Gasteiger partial charge is 0.205 e. The van der Waals surface area contributed by atoms with Gasteiger partial charge in [0.2, 0.25) is 5.96 Å². The fourth-order valence-corrected chi connectivity index (χ4v) is 3.41. The Bertz CT molecular complexity index is 326. The fourth-order valence-electron chi connectivity index (χ4n) is 1.56. The van der Waals surface area contributed by atoms with E-state index in [1.54, 1.807) is 0 Å². The highest BCUT2D eigenvalue weighted by Gasteiger charge is 2.27. The van der Waals surface area contributed by atoms with Gasteiger partial charge in [0.1, 0.15) is 0 Å². The SMILES string of the molecule is CCNC(=NCC1CCS(=O)(=O)C1)NN. The van der Waals surface area contributed by atoms with Crippen LogP contribution in [0.2, 0.25) is 0 Å². The summed E-state index contributed by atoms with van der Waals surface area (Å²) in [7, 11) is -2.80. The Labute approximate surface area is 90.2 Å². The second-order valence-corrected chi connectivity index (χ2v) is 5.86. The normalized spacial score (nSPS) is 25.2. The molecule has 0 aromatic rings. The second-order valence-electron chi connectivity index (χ2n) is 3.63. The van der Waals surface area contributed by atoms with E-state index in [0.29, 0.717) is 24.7 Å². The molecule has 0 bridgehead atoms. The molecule has 0 aromatic carbocycles. The van der Waals surface area contributed by atoms with Gasteiger partial charge in [-0.2, -0.15) is 0 Å². The molecule has 1 heterocycles. The molecule has 0 radical (unpaired) electrons. The van der Waals surface area contributed by atoms with Crippen LogP contribution < -0.4 is 16.6 Å². The molecule has 1 aliphatic heterocycles. The van der Waals surface area contributed by atoms with Gasteiger partial charge < -0.3 is 5.32 Å². The lowest BCUT2D eigenvalue weighted by atomic mass is 10.1. The van der Waals surface area contributed by atoms with Crippen molar-refractivity contribution in [3.63, 3.8) is 0 Å². The number of guanidine groups is 1. The highest BCUT2D eigenvalue weighted by Crippen LogP contribution is 2.18. The minimum absolute atomic E-state index is 0.136. The Kier molecular flexibility index (Phi) is 4.34. The second kappa shape index (κ2) is 5.32. The number of sulfone groups is 1. The molecule has 1 rings (SSSR count). The first-order valence-electron chi connectivity index (χ1n) is 5.02. The third kappa shape index (κ3) is 4.05. The van der Waals surface area contributed by atoms with Crippen LogP contribution in [-0.2, 0) is 9.84 Å². The Morgan fingerprint density at radius 3 is 2.80 bits per heavy atom. The van der Waals surface area contributed by atoms with Gasteiger partial charge in [-0.3, -0.25) is 10.4 Å². The Morgan fingerprint density at radius 2 is 2.33 bits per heavy atom. The standard InChI is InChI=1S/C8H18N4O2S/c1-2-10-8(12-9)11-5-7-3-4-15(13,14)6-7/h7H,2-6,9H2,1H3,(H2,10,11,12). The summed E-state index contributed by atoms with van der Waals surface area (Å²) in [6, 6.07) is 0. The predicted molar refractivity (Wildman–Crippen MR) is 60.1 cm³/mol. The summed E-state index contributed by atoms with van der Waals surface area (Å²) < 4.78 is 22.4. The van der Waals surface area contributed by atoms with Gasteiger partial charge in [-0.25, -0.2) is 14.3 Å². The quantitative estimate of drug-likeness (QED) is 0.248. The number of hydrazine groups is 1. The first-order chi connectivity index (χ1) is 7.07. The molecule has 6 nitrogen and oxygen atoms in total. The average molecular weight is 234 g/mol. The molecule has 0 spiro atoms. The highest BCUT2D eigenvalue weighted by molar-refractivity contribution is 7.91. The number of aliphatic imine (C=N–C) groups is 1. The van der Waals surface area contributed by atoms with E-state index in [-0.39, 0.29) is 11.7 Å². The molecule has 4 N–H and O–H groups in total. The number of nitrogens with zero attached hydrogens (tertiary/aromatic N) is 1. The molecular formula is C8H18N4O2S. The first kappa shape index (κ1) is 12.3. The molecule has 0 amide bonds. The maximum absolute atomic E-state index is 11.2. The van der Waals surface area contributed by atoms with Gasteiger partial charge in [-0.05, 0) is 19.3 Å². The van der Waals surface area contributed by atoms with Crippen LogP contribution in [0.5, 0.6) is 0 Å². The van der Waals surface area contributed by atoms with E-state index in [0.717, 1.165) is 6.54 Å². The number of hydrogen-bond donors (Lipinski definition) is 3. The van der Waals surface area contributed by atoms with E-state index < -0.39 is 9.84 Å². The van der Waals surface area contributed by atoms with Crippen LogP contribution >= 0.6 is 0 Å². The number of nitrogens with one attached hydrogen (secondary N) is 2. The zero-order valence-electron chi connectivity index (χ0n) is 8.86. The minimum Gasteiger partial charge on any atom is -0.356 e. The summed E-state index contributed by atoms with van der Waals surface area (Å²) in [6.07, 6.45) is 0.704. The maximum Gasteiger partial charge on any atom is 0.205 e. The molecule has 0 saturated carbocycles. The lowest BCUT2D eigenvalue weighted by Crippen LogP contribution is -2.41. The molecule has 0 aromatic heterocycles. The largest absolute Gasteiger partial charge is 0.356 e. The van der Waals surface area contributed by atoms with Crippen LogP contribution in [0.4, 0.5) is 0 Å². The summed E-state index contributed by atoms with van der Waals surface area (Å²) in [5, 5.41) is 2.94. The lowest BCUT2D eigenvalue weighted by molar-refractivity contribution is 0.590. The van der Waals surface area contributed by atoms with Crippen molar-refractivity contribution >= 4 is 15.8 Å². The van der Waals surface area contributed by atoms with Gasteiger partial charge in [-0.15, -0.1) is 0 Å². The van der Waals surface area contributed by atoms with E-state index in [4.69, 9.17) is 5.84 Å². The summed E-state index contributed by atoms with van der Waals surface area (Å²) in [5.41, 5.74) is 2.44. The van der Waals surface area contributed by atoms with Crippen molar-refractivity contribution in [3.8, 4) is 0 Å². The number of hydrogen-bond acceptors (Lipinski definition) is 4. The van der Waals surface area contributed by atoms with Gasteiger partial charge in [0.15, 0.2) is 9.84 Å². The third-order valence-corrected chi connectivity index (χ3v) is 4.15. The van der Waals surface area contributed by atoms with Gasteiger partial charge in [0, 0.05) is 13.1 Å². The van der Waals surface area contributed by atoms with Gasteiger partial charge >= 0.3 is 0 Å². The van der Waals surface area contributed by atoms with Crippen molar-refractivity contribution < 1.29 is 8.42 Å². The third-order valence-electron chi connectivity index (χ3n) is 2.32. The van der Waals surface area contributed by atoms with Crippen LogP contribution in [0, 0.1) is 5.92 Å². The van der Waals surface area contributed by atoms with Crippen molar-refractivity contribution in [2.24, 2.45) is 16.8 Å². The first-order valence-corrected chi connectivity index (χ1v) is 6.85. The van der Waals surface area contributed by atoms with E-state index >= 15 is 0 Å². The molecule has 15 heavy (non-hydrogen) atoms. The van der Waals surface area contributed by atoms with Crippen LogP contribution in [-0.4, -0.2) is 39.0 Å². The Hall–Kier alpha value is -0.820. The van der Waals surface area contributed by atoms with Gasteiger partial charge in [0.05, 0.1) is 11.5 Å². The number of nitrogens with two attached hydrogens (primary N) is 1. The molecule has 1 atom stereocenters. The summed E-state index contributed by atoms with van der Waals surface area (Å²) >= 11 is 0. The summed E-state index contributed by atoms with van der Waals surface area (Å²) in [6.45, 7) is 3.17. The molecule has 1 aliphatic rings. The molecule has 0 aliphatic carbocycles. The van der Waals surface area contributed by atoms with Crippen LogP contribution in [0.15, 0.2) is 4.99 Å². The zero-order valence-corrected chi connectivity index (χ0v) is 9.68. The van der Waals surface area contributed by atoms with E-state index in [1.165, 1.54) is 0 Å². The van der Waals surface area contributed by atoms with Crippen LogP contribution in [0.25, 0.3) is 0 Å². The van der Waals surface area contributed by atoms with Gasteiger partial charge in [-0.1, -0.05) is 0 Å². The van der Waals surface area contributed by atoms with E-state index in [9.17, 15) is 8.42 Å². The summed E-state index contributed by atoms with van der Waals surface area (Å²) in [5.74, 6) is 6.43. The highest BCUT2D eigenvalue weighted by atomic mass is 32.2. The van der Waals surface area contributed by atoms with E-state index in [2.05, 4.69) is 15.7 Å². The molecule has 1 fully saturated rings. The van der Waals surface area contributed by atoms with Gasteiger partial charge in [0.25, 0.3) is 0 Å². The van der Waals surface area contributed by atoms with Crippen LogP contribution in [0.1, 0.15) is 13.3 Å². The van der Waals surface area contributed by atoms with E-state index in [1.807, 2.05) is 6.92 Å². The van der Waals surface area contributed by atoms with Crippen molar-refractivity contribution in [3.05, 3.63) is 0 Å². The maximum atomic E-state index is 11.2.